The van der Waals surface area contributed by atoms with Gasteiger partial charge in [-0.25, -0.2) is 4.39 Å². The average Bonchev–Trinajstić information content (AvgIpc) is 2.19. The summed E-state index contributed by atoms with van der Waals surface area (Å²) in [5, 5.41) is 2.72. The highest BCUT2D eigenvalue weighted by Gasteiger charge is 2.18. The molecule has 0 aliphatic carbocycles. The monoisotopic (exact) mass is 266 g/mol. The van der Waals surface area contributed by atoms with E-state index in [2.05, 4.69) is 33.0 Å². The van der Waals surface area contributed by atoms with Crippen LogP contribution in [0.25, 0.3) is 0 Å². The van der Waals surface area contributed by atoms with Gasteiger partial charge in [0.1, 0.15) is 5.82 Å². The molecule has 0 aromatic heterocycles. The van der Waals surface area contributed by atoms with Crippen LogP contribution in [0, 0.1) is 17.2 Å². The Morgan fingerprint density at radius 2 is 2.05 bits per heavy atom. The molecule has 1 aromatic rings. The molecule has 0 fully saturated rings. The number of hydrogen-bond donors (Lipinski definition) is 2. The van der Waals surface area contributed by atoms with Gasteiger partial charge < -0.3 is 11.1 Å². The zero-order valence-electron chi connectivity index (χ0n) is 12.1. The quantitative estimate of drug-likeness (QED) is 0.814. The first-order valence-electron chi connectivity index (χ1n) is 6.52. The van der Waals surface area contributed by atoms with Crippen LogP contribution in [0.15, 0.2) is 18.2 Å². The Bertz CT molecular complexity index is 452. The van der Waals surface area contributed by atoms with Crippen LogP contribution < -0.4 is 11.1 Å². The first kappa shape index (κ1) is 15.5. The molecule has 1 rings (SSSR count). The molecule has 0 heterocycles. The van der Waals surface area contributed by atoms with Crippen LogP contribution >= 0.6 is 0 Å². The Kier molecular flexibility index (Phi) is 4.92. The van der Waals surface area contributed by atoms with Crippen molar-refractivity contribution in [3.63, 3.8) is 0 Å². The van der Waals surface area contributed by atoms with Crippen molar-refractivity contribution < 1.29 is 9.18 Å². The standard InChI is InChI=1S/C15H23FN2O/c1-10(9-15(2,3)4)7-14(19)18-13-6-5-11(16)8-12(13)17/h5-6,8,10H,7,9,17H2,1-4H3,(H,18,19). The maximum Gasteiger partial charge on any atom is 0.224 e. The fourth-order valence-corrected chi connectivity index (χ4v) is 2.28. The predicted octanol–water partition coefficient (Wildman–Crippen LogP) is 3.81. The lowest BCUT2D eigenvalue weighted by atomic mass is 9.84. The molecule has 0 spiro atoms. The second-order valence-electron chi connectivity index (χ2n) is 6.35. The number of carbonyl (C=O) groups excluding carboxylic acids is 1. The van der Waals surface area contributed by atoms with Gasteiger partial charge in [0.05, 0.1) is 11.4 Å². The van der Waals surface area contributed by atoms with Gasteiger partial charge in [-0.3, -0.25) is 4.79 Å². The number of benzene rings is 1. The minimum absolute atomic E-state index is 0.0879. The van der Waals surface area contributed by atoms with Crippen LogP contribution in [0.2, 0.25) is 0 Å². The van der Waals surface area contributed by atoms with Gasteiger partial charge in [-0.2, -0.15) is 0 Å². The zero-order valence-corrected chi connectivity index (χ0v) is 12.1. The molecule has 4 heteroatoms. The van der Waals surface area contributed by atoms with E-state index >= 15 is 0 Å². The third-order valence-corrected chi connectivity index (χ3v) is 2.78. The lowest BCUT2D eigenvalue weighted by Gasteiger charge is -2.22. The predicted molar refractivity (Wildman–Crippen MR) is 77.3 cm³/mol. The number of halogens is 1. The maximum atomic E-state index is 12.9. The molecule has 0 radical (unpaired) electrons. The summed E-state index contributed by atoms with van der Waals surface area (Å²) in [5.41, 5.74) is 6.56. The van der Waals surface area contributed by atoms with Gasteiger partial charge in [0.25, 0.3) is 0 Å². The molecule has 106 valence electrons. The number of carbonyl (C=O) groups is 1. The van der Waals surface area contributed by atoms with E-state index in [9.17, 15) is 9.18 Å². The molecular formula is C15H23FN2O. The van der Waals surface area contributed by atoms with Gasteiger partial charge in [-0.1, -0.05) is 27.7 Å². The van der Waals surface area contributed by atoms with Crippen LogP contribution in [0.1, 0.15) is 40.5 Å². The summed E-state index contributed by atoms with van der Waals surface area (Å²) in [6.07, 6.45) is 1.41. The van der Waals surface area contributed by atoms with Crippen molar-refractivity contribution in [2.24, 2.45) is 11.3 Å². The fraction of sp³-hybridized carbons (Fsp3) is 0.533. The van der Waals surface area contributed by atoms with Crippen molar-refractivity contribution >= 4 is 17.3 Å². The molecule has 0 saturated carbocycles. The number of nitrogen functional groups attached to an aromatic ring is 1. The summed E-state index contributed by atoms with van der Waals surface area (Å²) in [5.74, 6) is -0.201. The summed E-state index contributed by atoms with van der Waals surface area (Å²) < 4.78 is 12.9. The fourth-order valence-electron chi connectivity index (χ4n) is 2.28. The van der Waals surface area contributed by atoms with Gasteiger partial charge in [0, 0.05) is 6.42 Å². The Morgan fingerprint density at radius 1 is 1.42 bits per heavy atom. The number of rotatable bonds is 4. The summed E-state index contributed by atoms with van der Waals surface area (Å²) >= 11 is 0. The molecule has 1 atom stereocenters. The van der Waals surface area contributed by atoms with Crippen molar-refractivity contribution in [2.45, 2.75) is 40.5 Å². The number of nitrogens with two attached hydrogens (primary N) is 1. The molecule has 1 unspecified atom stereocenters. The molecule has 1 aromatic carbocycles. The summed E-state index contributed by atoms with van der Waals surface area (Å²) in [6.45, 7) is 8.51. The van der Waals surface area contributed by atoms with Crippen LogP contribution in [0.5, 0.6) is 0 Å². The summed E-state index contributed by atoms with van der Waals surface area (Å²) in [4.78, 5) is 11.9. The number of amides is 1. The van der Waals surface area contributed by atoms with Crippen molar-refractivity contribution in [1.82, 2.24) is 0 Å². The van der Waals surface area contributed by atoms with E-state index in [0.29, 0.717) is 18.0 Å². The highest BCUT2D eigenvalue weighted by molar-refractivity contribution is 5.93. The van der Waals surface area contributed by atoms with Crippen molar-refractivity contribution in [1.29, 1.82) is 0 Å². The first-order valence-corrected chi connectivity index (χ1v) is 6.52. The van der Waals surface area contributed by atoms with Gasteiger partial charge >= 0.3 is 0 Å². The van der Waals surface area contributed by atoms with Crippen LogP contribution in [-0.4, -0.2) is 5.91 Å². The first-order chi connectivity index (χ1) is 8.67. The van der Waals surface area contributed by atoms with Crippen molar-refractivity contribution in [2.75, 3.05) is 11.1 Å². The van der Waals surface area contributed by atoms with Gasteiger partial charge in [0.15, 0.2) is 0 Å². The van der Waals surface area contributed by atoms with Crippen LogP contribution in [0.4, 0.5) is 15.8 Å². The molecule has 0 aliphatic rings. The average molecular weight is 266 g/mol. The van der Waals surface area contributed by atoms with Crippen LogP contribution in [0.3, 0.4) is 0 Å². The molecule has 0 aliphatic heterocycles. The normalized spacial score (nSPS) is 13.1. The second-order valence-corrected chi connectivity index (χ2v) is 6.35. The summed E-state index contributed by atoms with van der Waals surface area (Å²) in [6, 6.07) is 3.97. The number of hydrogen-bond acceptors (Lipinski definition) is 2. The Morgan fingerprint density at radius 3 is 2.58 bits per heavy atom. The van der Waals surface area contributed by atoms with Crippen molar-refractivity contribution in [3.05, 3.63) is 24.0 Å². The minimum Gasteiger partial charge on any atom is -0.397 e. The third-order valence-electron chi connectivity index (χ3n) is 2.78. The number of nitrogens with one attached hydrogen (secondary N) is 1. The van der Waals surface area contributed by atoms with E-state index in [1.54, 1.807) is 0 Å². The molecule has 0 saturated heterocycles. The maximum absolute atomic E-state index is 12.9. The smallest absolute Gasteiger partial charge is 0.224 e. The highest BCUT2D eigenvalue weighted by atomic mass is 19.1. The van der Waals surface area contributed by atoms with E-state index in [1.807, 2.05) is 0 Å². The molecular weight excluding hydrogens is 243 g/mol. The van der Waals surface area contributed by atoms with E-state index in [-0.39, 0.29) is 17.0 Å². The van der Waals surface area contributed by atoms with Gasteiger partial charge in [-0.05, 0) is 36.0 Å². The van der Waals surface area contributed by atoms with Crippen LogP contribution in [-0.2, 0) is 4.79 Å². The molecule has 0 bridgehead atoms. The van der Waals surface area contributed by atoms with E-state index in [4.69, 9.17) is 5.73 Å². The molecule has 1 amide bonds. The molecule has 19 heavy (non-hydrogen) atoms. The Balaban J connectivity index is 2.56. The lowest BCUT2D eigenvalue weighted by Crippen LogP contribution is -2.19. The lowest BCUT2D eigenvalue weighted by molar-refractivity contribution is -0.117. The highest BCUT2D eigenvalue weighted by Crippen LogP contribution is 2.26. The van der Waals surface area contributed by atoms with E-state index in [1.165, 1.54) is 18.2 Å². The van der Waals surface area contributed by atoms with E-state index < -0.39 is 5.82 Å². The molecule has 3 N–H and O–H groups in total. The van der Waals surface area contributed by atoms with Gasteiger partial charge in [-0.15, -0.1) is 0 Å². The SMILES string of the molecule is CC(CC(=O)Nc1ccc(F)cc1N)CC(C)(C)C. The molecule has 3 nitrogen and oxygen atoms in total. The van der Waals surface area contributed by atoms with E-state index in [0.717, 1.165) is 6.42 Å². The second kappa shape index (κ2) is 6.04. The number of anilines is 2. The Hall–Kier alpha value is -1.58. The third kappa shape index (κ3) is 5.73. The largest absolute Gasteiger partial charge is 0.397 e. The topological polar surface area (TPSA) is 55.1 Å². The minimum atomic E-state index is -0.406. The summed E-state index contributed by atoms with van der Waals surface area (Å²) in [7, 11) is 0. The Labute approximate surface area is 114 Å². The van der Waals surface area contributed by atoms with Crippen molar-refractivity contribution in [3.8, 4) is 0 Å². The zero-order chi connectivity index (χ0) is 14.6. The van der Waals surface area contributed by atoms with Gasteiger partial charge in [0.2, 0.25) is 5.91 Å².